The number of amides is 2. The van der Waals surface area contributed by atoms with Crippen LogP contribution in [0.2, 0.25) is 0 Å². The summed E-state index contributed by atoms with van der Waals surface area (Å²) in [7, 11) is 0. The first-order chi connectivity index (χ1) is 14.4. The number of esters is 1. The first-order valence-electron chi connectivity index (χ1n) is 9.50. The Morgan fingerprint density at radius 3 is 2.50 bits per heavy atom. The molecule has 1 aromatic carbocycles. The molecule has 0 bridgehead atoms. The lowest BCUT2D eigenvalue weighted by Crippen LogP contribution is -2.54. The van der Waals surface area contributed by atoms with E-state index in [0.717, 1.165) is 18.9 Å². The summed E-state index contributed by atoms with van der Waals surface area (Å²) in [6, 6.07) is 8.72. The molecule has 1 aromatic heterocycles. The Bertz CT molecular complexity index is 946. The molecule has 1 aliphatic heterocycles. The van der Waals surface area contributed by atoms with E-state index in [1.807, 2.05) is 6.92 Å². The second-order valence-corrected chi connectivity index (χ2v) is 6.86. The second-order valence-electron chi connectivity index (χ2n) is 6.86. The Morgan fingerprint density at radius 2 is 1.90 bits per heavy atom. The Morgan fingerprint density at radius 1 is 1.20 bits per heavy atom. The van der Waals surface area contributed by atoms with Crippen molar-refractivity contribution in [1.29, 1.82) is 0 Å². The van der Waals surface area contributed by atoms with Crippen molar-refractivity contribution in [3.05, 3.63) is 57.8 Å². The van der Waals surface area contributed by atoms with Gasteiger partial charge in [0.1, 0.15) is 4.92 Å². The van der Waals surface area contributed by atoms with Gasteiger partial charge >= 0.3 is 11.9 Å². The number of unbranched alkanes of at least 4 members (excludes halogenated alkanes) is 1. The maximum Gasteiger partial charge on any atom is 0.433 e. The van der Waals surface area contributed by atoms with Crippen LogP contribution in [0.5, 0.6) is 0 Å². The van der Waals surface area contributed by atoms with E-state index in [1.165, 1.54) is 11.0 Å². The number of benzene rings is 1. The fraction of sp³-hybridized carbons (Fsp3) is 0.350. The van der Waals surface area contributed by atoms with Crippen LogP contribution >= 0.6 is 0 Å². The molecule has 1 aliphatic rings. The van der Waals surface area contributed by atoms with Gasteiger partial charge in [0.15, 0.2) is 5.76 Å². The van der Waals surface area contributed by atoms with Crippen molar-refractivity contribution in [2.45, 2.75) is 19.8 Å². The first-order valence-corrected chi connectivity index (χ1v) is 9.50. The zero-order valence-corrected chi connectivity index (χ0v) is 16.3. The molecule has 3 rings (SSSR count). The van der Waals surface area contributed by atoms with Gasteiger partial charge in [0.25, 0.3) is 5.91 Å². The predicted octanol–water partition coefficient (Wildman–Crippen LogP) is 2.86. The summed E-state index contributed by atoms with van der Waals surface area (Å²) in [4.78, 5) is 47.7. The SMILES string of the molecule is CCCCOC(=O)c1ccc(NC(=O)C2CN(C(=O)c3ccc([N+](=O)[O-])o3)C2)cc1. The lowest BCUT2D eigenvalue weighted by Gasteiger charge is -2.37. The van der Waals surface area contributed by atoms with Crippen LogP contribution in [0.4, 0.5) is 11.6 Å². The van der Waals surface area contributed by atoms with Crippen LogP contribution in [0, 0.1) is 16.0 Å². The van der Waals surface area contributed by atoms with Crippen molar-refractivity contribution in [2.75, 3.05) is 25.0 Å². The Hall–Kier alpha value is -3.69. The number of likely N-dealkylation sites (tertiary alicyclic amines) is 1. The minimum Gasteiger partial charge on any atom is -0.462 e. The molecular weight excluding hydrogens is 394 g/mol. The number of nitrogens with one attached hydrogen (secondary N) is 1. The molecule has 1 saturated heterocycles. The molecule has 1 fully saturated rings. The van der Waals surface area contributed by atoms with Gasteiger partial charge in [0.05, 0.1) is 24.2 Å². The van der Waals surface area contributed by atoms with Gasteiger partial charge in [-0.3, -0.25) is 19.7 Å². The average molecular weight is 415 g/mol. The van der Waals surface area contributed by atoms with Gasteiger partial charge < -0.3 is 19.4 Å². The summed E-state index contributed by atoms with van der Waals surface area (Å²) in [5.74, 6) is -2.22. The van der Waals surface area contributed by atoms with E-state index >= 15 is 0 Å². The van der Waals surface area contributed by atoms with E-state index in [0.29, 0.717) is 17.9 Å². The minimum absolute atomic E-state index is 0.137. The van der Waals surface area contributed by atoms with Crippen molar-refractivity contribution >= 4 is 29.4 Å². The van der Waals surface area contributed by atoms with E-state index in [-0.39, 0.29) is 24.8 Å². The van der Waals surface area contributed by atoms with Crippen LogP contribution in [0.1, 0.15) is 40.7 Å². The molecule has 2 aromatic rings. The number of carbonyl (C=O) groups is 3. The summed E-state index contributed by atoms with van der Waals surface area (Å²) in [6.07, 6.45) is 1.74. The van der Waals surface area contributed by atoms with Gasteiger partial charge in [-0.05, 0) is 36.8 Å². The third-order valence-corrected chi connectivity index (χ3v) is 4.64. The molecule has 0 atom stereocenters. The Labute approximate surface area is 171 Å². The smallest absolute Gasteiger partial charge is 0.433 e. The molecule has 30 heavy (non-hydrogen) atoms. The molecule has 10 nitrogen and oxygen atoms in total. The molecule has 0 unspecified atom stereocenters. The van der Waals surface area contributed by atoms with E-state index in [9.17, 15) is 24.5 Å². The summed E-state index contributed by atoms with van der Waals surface area (Å²) >= 11 is 0. The highest BCUT2D eigenvalue weighted by atomic mass is 16.6. The topological polar surface area (TPSA) is 132 Å². The van der Waals surface area contributed by atoms with Gasteiger partial charge in [-0.2, -0.15) is 0 Å². The molecule has 0 radical (unpaired) electrons. The first kappa shape index (κ1) is 21.0. The summed E-state index contributed by atoms with van der Waals surface area (Å²) in [5.41, 5.74) is 0.925. The lowest BCUT2D eigenvalue weighted by molar-refractivity contribution is -0.402. The lowest BCUT2D eigenvalue weighted by atomic mass is 9.98. The standard InChI is InChI=1S/C20H21N3O7/c1-2-3-10-29-20(26)13-4-6-15(7-5-13)21-18(24)14-11-22(12-14)19(25)16-8-9-17(30-16)23(27)28/h4-9,14H,2-3,10-12H2,1H3,(H,21,24). The van der Waals surface area contributed by atoms with Crippen LogP contribution in [-0.2, 0) is 9.53 Å². The third kappa shape index (κ3) is 4.83. The van der Waals surface area contributed by atoms with Gasteiger partial charge in [-0.25, -0.2) is 4.79 Å². The normalized spacial score (nSPS) is 13.4. The summed E-state index contributed by atoms with van der Waals surface area (Å²) in [6.45, 7) is 2.74. The average Bonchev–Trinajstić information content (AvgIpc) is 3.18. The number of rotatable bonds is 8. The number of anilines is 1. The number of hydrogen-bond acceptors (Lipinski definition) is 7. The van der Waals surface area contributed by atoms with Crippen molar-refractivity contribution in [3.8, 4) is 0 Å². The number of hydrogen-bond donors (Lipinski definition) is 1. The number of nitro groups is 1. The van der Waals surface area contributed by atoms with Crippen LogP contribution in [0.15, 0.2) is 40.8 Å². The van der Waals surface area contributed by atoms with Gasteiger partial charge in [0.2, 0.25) is 5.91 Å². The molecule has 0 aliphatic carbocycles. The predicted molar refractivity (Wildman–Crippen MR) is 105 cm³/mol. The summed E-state index contributed by atoms with van der Waals surface area (Å²) < 4.78 is 10.0. The van der Waals surface area contributed by atoms with Crippen LogP contribution < -0.4 is 5.32 Å². The molecule has 0 spiro atoms. The third-order valence-electron chi connectivity index (χ3n) is 4.64. The van der Waals surface area contributed by atoms with Crippen LogP contribution in [0.25, 0.3) is 0 Å². The zero-order valence-electron chi connectivity index (χ0n) is 16.3. The Kier molecular flexibility index (Phi) is 6.45. The molecular formula is C20H21N3O7. The minimum atomic E-state index is -0.723. The summed E-state index contributed by atoms with van der Waals surface area (Å²) in [5, 5.41) is 13.4. The van der Waals surface area contributed by atoms with Gasteiger partial charge in [-0.15, -0.1) is 0 Å². The van der Waals surface area contributed by atoms with Crippen molar-refractivity contribution < 1.29 is 28.5 Å². The number of ether oxygens (including phenoxy) is 1. The fourth-order valence-electron chi connectivity index (χ4n) is 2.83. The number of furan rings is 1. The van der Waals surface area contributed by atoms with E-state index in [1.54, 1.807) is 24.3 Å². The van der Waals surface area contributed by atoms with E-state index in [2.05, 4.69) is 5.32 Å². The van der Waals surface area contributed by atoms with Crippen molar-refractivity contribution in [3.63, 3.8) is 0 Å². The monoisotopic (exact) mass is 415 g/mol. The van der Waals surface area contributed by atoms with Gasteiger partial charge in [0, 0.05) is 18.8 Å². The maximum absolute atomic E-state index is 12.3. The molecule has 2 heterocycles. The zero-order chi connectivity index (χ0) is 21.7. The largest absolute Gasteiger partial charge is 0.462 e. The number of carbonyl (C=O) groups excluding carboxylic acids is 3. The van der Waals surface area contributed by atoms with E-state index in [4.69, 9.17) is 9.15 Å². The highest BCUT2D eigenvalue weighted by molar-refractivity contribution is 5.98. The van der Waals surface area contributed by atoms with Gasteiger partial charge in [-0.1, -0.05) is 13.3 Å². The maximum atomic E-state index is 12.3. The Balaban J connectivity index is 1.47. The van der Waals surface area contributed by atoms with Crippen molar-refractivity contribution in [2.24, 2.45) is 5.92 Å². The number of nitrogens with zero attached hydrogens (tertiary/aromatic N) is 2. The van der Waals surface area contributed by atoms with Crippen LogP contribution in [0.3, 0.4) is 0 Å². The molecule has 1 N–H and O–H groups in total. The molecule has 10 heteroatoms. The fourth-order valence-corrected chi connectivity index (χ4v) is 2.83. The van der Waals surface area contributed by atoms with Crippen molar-refractivity contribution in [1.82, 2.24) is 4.90 Å². The second kappa shape index (κ2) is 9.21. The molecule has 2 amide bonds. The van der Waals surface area contributed by atoms with E-state index < -0.39 is 28.6 Å². The highest BCUT2D eigenvalue weighted by Gasteiger charge is 2.37. The quantitative estimate of drug-likeness (QED) is 0.303. The van der Waals surface area contributed by atoms with Crippen LogP contribution in [-0.4, -0.2) is 47.3 Å². The highest BCUT2D eigenvalue weighted by Crippen LogP contribution is 2.23. The molecule has 158 valence electrons. The molecule has 0 saturated carbocycles.